The van der Waals surface area contributed by atoms with E-state index in [0.29, 0.717) is 0 Å². The summed E-state index contributed by atoms with van der Waals surface area (Å²) in [4.78, 5) is 0. The molecule has 0 aromatic carbocycles. The molecule has 3 N–H and O–H groups in total. The van der Waals surface area contributed by atoms with Gasteiger partial charge < -0.3 is 111 Å². The van der Waals surface area contributed by atoms with E-state index in [1.165, 1.54) is 0 Å². The monoisotopic (exact) mass is 1240 g/mol. The third-order valence-corrected chi connectivity index (χ3v) is 129. The van der Waals surface area contributed by atoms with Crippen LogP contribution >= 0.6 is 0 Å². The van der Waals surface area contributed by atoms with Gasteiger partial charge in [0.1, 0.15) is 0 Å². The molecule has 0 fully saturated rings. The molecule has 0 radical (unpaired) electrons. The third-order valence-electron chi connectivity index (χ3n) is 2.31. The Balaban J connectivity index is -0.00000000735. The quantitative estimate of drug-likeness (QED) is 0.102. The van der Waals surface area contributed by atoms with Crippen LogP contribution in [0, 0.1) is 111 Å². The molecule has 0 aliphatic carbocycles. The van der Waals surface area contributed by atoms with Crippen LogP contribution in [0.5, 0.6) is 0 Å². The average Bonchev–Trinajstić information content (AvgIpc) is 2.16. The van der Waals surface area contributed by atoms with Crippen molar-refractivity contribution in [1.82, 2.24) is 0 Å². The van der Waals surface area contributed by atoms with E-state index < -0.39 is 64.9 Å². The molecule has 34 heavy (non-hydrogen) atoms. The van der Waals surface area contributed by atoms with Crippen LogP contribution in [0.15, 0.2) is 0 Å². The van der Waals surface area contributed by atoms with Gasteiger partial charge in [-0.1, -0.05) is 0 Å². The second-order valence-electron chi connectivity index (χ2n) is 5.60. The Kier molecular flexibility index (Phi) is 275. The first kappa shape index (κ1) is 141. The summed E-state index contributed by atoms with van der Waals surface area (Å²) in [7, 11) is 0. The molecule has 6 nitrogen and oxygen atoms in total. The summed E-state index contributed by atoms with van der Waals surface area (Å²) in [6, 6.07) is 0. The molecule has 12 heteroatoms. The van der Waals surface area contributed by atoms with E-state index in [4.69, 9.17) is 18.6 Å². The van der Waals surface area contributed by atoms with Crippen LogP contribution in [0.4, 0.5) is 0 Å². The molecular weight excluding hydrogens is 1170 g/mol. The first-order valence-corrected chi connectivity index (χ1v) is 40.3. The second-order valence-corrected chi connectivity index (χ2v) is 73.2. The minimum Gasteiger partial charge on any atom is 0 e. The molecule has 0 heterocycles. The Bertz CT molecular complexity index is 233. The fourth-order valence-electron chi connectivity index (χ4n) is 1.99. The minimum atomic E-state index is -3.28. The second kappa shape index (κ2) is 66.3. The Morgan fingerprint density at radius 1 is 0.412 bits per heavy atom. The fourth-order valence-corrected chi connectivity index (χ4v) is 191. The zero-order valence-corrected chi connectivity index (χ0v) is 44.2. The standard InChI is InChI=1S/20CH3.2CH2.3H2O2.3Pb.2Ti.Zr/c;;;;;;;;;;;;;;;;;;;;;;3*1-2;;;;;;/h20*1H3;2*1H2;3*1-2H;;;;;;/q;;;;;15*-1;;;;;;3*+1;;;/p-3. The van der Waals surface area contributed by atoms with Crippen molar-refractivity contribution in [2.75, 3.05) is 0 Å². The van der Waals surface area contributed by atoms with Crippen molar-refractivity contribution in [2.45, 2.75) is 25.5 Å². The first-order chi connectivity index (χ1) is 7.10. The number of hydrogen-bond acceptors (Lipinski definition) is 6. The maximum Gasteiger partial charge on any atom is 0 e. The van der Waals surface area contributed by atoms with Gasteiger partial charge in [0.2, 0.25) is 0 Å². The van der Waals surface area contributed by atoms with Crippen LogP contribution in [0.2, 0.25) is 25.5 Å². The van der Waals surface area contributed by atoms with Gasteiger partial charge >= 0.3 is 115 Å². The first-order valence-electron chi connectivity index (χ1n) is 5.07. The van der Waals surface area contributed by atoms with Crippen molar-refractivity contribution in [3.05, 3.63) is 111 Å². The molecule has 0 atom stereocenters. The molecule has 0 saturated carbocycles. The zero-order chi connectivity index (χ0) is 13.0. The predicted molar refractivity (Wildman–Crippen MR) is 164 cm³/mol. The molecule has 0 aliphatic heterocycles. The molecule has 0 rings (SSSR count). The Morgan fingerprint density at radius 3 is 0.647 bits per heavy atom. The maximum absolute atomic E-state index is 9.10. The van der Waals surface area contributed by atoms with E-state index in [2.05, 4.69) is 5.68 Å². The van der Waals surface area contributed by atoms with Gasteiger partial charge in [-0.2, -0.15) is 0 Å². The van der Waals surface area contributed by atoms with E-state index in [9.17, 15) is 0 Å². The summed E-state index contributed by atoms with van der Waals surface area (Å²) in [6.07, 6.45) is 0. The predicted octanol–water partition coefficient (Wildman–Crippen LogP) is 9.27. The van der Waals surface area contributed by atoms with E-state index >= 15 is 0 Å². The van der Waals surface area contributed by atoms with Crippen molar-refractivity contribution in [2.24, 2.45) is 0 Å². The Morgan fingerprint density at radius 2 is 0.559 bits per heavy atom. The summed E-state index contributed by atoms with van der Waals surface area (Å²) in [5.74, 6) is 0. The van der Waals surface area contributed by atoms with Crippen LogP contribution in [0.25, 0.3) is 0 Å². The van der Waals surface area contributed by atoms with E-state index in [1.807, 2.05) is 22.4 Å². The summed E-state index contributed by atoms with van der Waals surface area (Å²) in [6.45, 7) is 0. The van der Waals surface area contributed by atoms with Crippen LogP contribution in [-0.4, -0.2) is 80.6 Å². The number of rotatable bonds is 7. The normalized spacial score (nSPS) is 6.71. The molecule has 0 amide bonds. The number of hydrogen-bond donors (Lipinski definition) is 3. The van der Waals surface area contributed by atoms with Crippen molar-refractivity contribution in [3.8, 4) is 0 Å². The van der Waals surface area contributed by atoms with Gasteiger partial charge in [0.05, 0.1) is 0 Å². The van der Waals surface area contributed by atoms with Gasteiger partial charge in [-0.15, -0.1) is 0 Å². The van der Waals surface area contributed by atoms with Crippen LogP contribution in [0.3, 0.4) is 0 Å². The van der Waals surface area contributed by atoms with Crippen molar-refractivity contribution in [1.29, 1.82) is 0 Å². The molecule has 0 unspecified atom stereocenters. The molecule has 0 spiro atoms. The largest absolute Gasteiger partial charge is 0 e. The summed E-state index contributed by atoms with van der Waals surface area (Å²) < 4.78 is 25.2. The van der Waals surface area contributed by atoms with Gasteiger partial charge in [-0.05, 0) is 0 Å². The van der Waals surface area contributed by atoms with Crippen LogP contribution < -0.4 is 0 Å². The van der Waals surface area contributed by atoms with E-state index in [-0.39, 0.29) is 181 Å². The van der Waals surface area contributed by atoms with Gasteiger partial charge in [-0.3, -0.25) is 0 Å². The molecule has 0 bridgehead atoms. The van der Waals surface area contributed by atoms with Crippen LogP contribution in [0.1, 0.15) is 0 Å². The van der Waals surface area contributed by atoms with Gasteiger partial charge in [0.25, 0.3) is 0 Å². The van der Waals surface area contributed by atoms with Crippen molar-refractivity contribution < 1.29 is 93.9 Å². The van der Waals surface area contributed by atoms with Crippen molar-refractivity contribution in [3.63, 3.8) is 0 Å². The molecule has 0 aromatic heterocycles. The minimum absolute atomic E-state index is 0. The van der Waals surface area contributed by atoms with Gasteiger partial charge in [0.15, 0.2) is 0 Å². The topological polar surface area (TPSA) is 88.4 Å². The van der Waals surface area contributed by atoms with Crippen molar-refractivity contribution >= 4 is 64.9 Å². The zero-order valence-electron chi connectivity index (χ0n) is 27.0. The molecule has 0 aliphatic rings. The van der Waals surface area contributed by atoms with Gasteiger partial charge in [-0.25, -0.2) is 0 Å². The molecule has 230 valence electrons. The smallest absolute Gasteiger partial charge is 0 e. The SMILES string of the molecule is [CH3-].[CH3-].[CH3-].[CH3-].[CH3-].[CH3-].[CH3-].[CH3-].[CH3-].[CH3-].[CH3-].[CH3-].[CH3-].[CH3-].[CH3-].[CH3][Pb]([CH3])([CH2][Pb]([CH3])([CH2][Pb]([CH3])([CH3])[O]O)[O]O)[O]O.[Ti].[Ti].[Zr]. The maximum atomic E-state index is 9.10. The molecule has 0 aromatic rings. The summed E-state index contributed by atoms with van der Waals surface area (Å²) >= 11 is -9.37. The Hall–Kier alpha value is 4.84. The van der Waals surface area contributed by atoms with Gasteiger partial charge in [0, 0.05) is 69.6 Å². The average molecular weight is 1240 g/mol. The summed E-state index contributed by atoms with van der Waals surface area (Å²) in [5.41, 5.74) is 0. The van der Waals surface area contributed by atoms with E-state index in [1.54, 1.807) is 0 Å². The van der Waals surface area contributed by atoms with Crippen LogP contribution in [-0.2, 0) is 78.2 Å². The fraction of sp³-hybridized carbons (Fsp3) is 0.318. The van der Waals surface area contributed by atoms with E-state index in [0.717, 1.165) is 3.08 Å². The molecule has 0 saturated heterocycles. The third kappa shape index (κ3) is 70.9. The summed E-state index contributed by atoms with van der Waals surface area (Å²) in [5, 5.41) is 26.8. The molecular formula is C22H67O6Pb3Ti2Zr-15. The Labute approximate surface area is 290 Å².